The molecule has 2 heterocycles. The number of nitrogens with one attached hydrogen (secondary N) is 1. The summed E-state index contributed by atoms with van der Waals surface area (Å²) in [5.74, 6) is 0.486. The third-order valence-corrected chi connectivity index (χ3v) is 3.50. The summed E-state index contributed by atoms with van der Waals surface area (Å²) in [6.07, 6.45) is 1.69. The number of nitrogens with two attached hydrogens (primary N) is 1. The van der Waals surface area contributed by atoms with Gasteiger partial charge in [-0.2, -0.15) is 0 Å². The van der Waals surface area contributed by atoms with Crippen LogP contribution >= 0.6 is 0 Å². The van der Waals surface area contributed by atoms with Crippen LogP contribution in [-0.2, 0) is 11.4 Å². The summed E-state index contributed by atoms with van der Waals surface area (Å²) in [6, 6.07) is 5.08. The number of amides is 1. The zero-order valence-corrected chi connectivity index (χ0v) is 10.5. The van der Waals surface area contributed by atoms with Crippen molar-refractivity contribution >= 4 is 22.6 Å². The summed E-state index contributed by atoms with van der Waals surface area (Å²) in [7, 11) is 0. The van der Waals surface area contributed by atoms with Crippen molar-refractivity contribution in [2.24, 2.45) is 0 Å². The first-order chi connectivity index (χ1) is 9.20. The van der Waals surface area contributed by atoms with Gasteiger partial charge in [0.1, 0.15) is 18.5 Å². The van der Waals surface area contributed by atoms with Gasteiger partial charge in [0.2, 0.25) is 5.91 Å². The van der Waals surface area contributed by atoms with Crippen molar-refractivity contribution < 1.29 is 9.90 Å². The number of nitrogen functional groups attached to an aromatic ring is 1. The number of aliphatic hydroxyl groups excluding tert-OH is 1. The fourth-order valence-electron chi connectivity index (χ4n) is 2.63. The van der Waals surface area contributed by atoms with Crippen LogP contribution in [0.5, 0.6) is 0 Å². The monoisotopic (exact) mass is 260 g/mol. The number of carbonyl (C=O) groups is 1. The molecule has 1 aromatic heterocycles. The van der Waals surface area contributed by atoms with Crippen LogP contribution in [0.25, 0.3) is 11.0 Å². The van der Waals surface area contributed by atoms with E-state index < -0.39 is 0 Å². The molecule has 1 unspecified atom stereocenters. The first-order valence-electron chi connectivity index (χ1n) is 6.35. The molecular weight excluding hydrogens is 244 g/mol. The standard InChI is InChI=1S/C13H16N4O2/c14-8-3-4-10-9(6-8)16-12(7-18)17(10)11-2-1-5-15-13(11)19/h3-4,6,11,18H,1-2,5,7,14H2,(H,15,19). The van der Waals surface area contributed by atoms with E-state index in [1.54, 1.807) is 12.1 Å². The first-order valence-corrected chi connectivity index (χ1v) is 6.35. The van der Waals surface area contributed by atoms with Crippen LogP contribution in [0.2, 0.25) is 0 Å². The van der Waals surface area contributed by atoms with Crippen molar-refractivity contribution in [3.63, 3.8) is 0 Å². The van der Waals surface area contributed by atoms with Gasteiger partial charge in [0.05, 0.1) is 11.0 Å². The maximum absolute atomic E-state index is 12.0. The van der Waals surface area contributed by atoms with Crippen LogP contribution in [0, 0.1) is 0 Å². The molecule has 0 spiro atoms. The largest absolute Gasteiger partial charge is 0.399 e. The van der Waals surface area contributed by atoms with E-state index in [1.807, 2.05) is 10.6 Å². The normalized spacial score (nSPS) is 19.6. The second-order valence-corrected chi connectivity index (χ2v) is 4.75. The molecule has 0 aliphatic carbocycles. The molecular formula is C13H16N4O2. The van der Waals surface area contributed by atoms with Crippen LogP contribution in [0.4, 0.5) is 5.69 Å². The number of fused-ring (bicyclic) bond motifs is 1. The molecule has 4 N–H and O–H groups in total. The number of imidazole rings is 1. The number of anilines is 1. The number of hydrogen-bond acceptors (Lipinski definition) is 4. The molecule has 6 nitrogen and oxygen atoms in total. The lowest BCUT2D eigenvalue weighted by Gasteiger charge is -2.24. The van der Waals surface area contributed by atoms with Gasteiger partial charge in [-0.1, -0.05) is 0 Å². The van der Waals surface area contributed by atoms with Crippen LogP contribution in [0.3, 0.4) is 0 Å². The Morgan fingerprint density at radius 3 is 3.11 bits per heavy atom. The third kappa shape index (κ3) is 1.94. The molecule has 1 saturated heterocycles. The minimum absolute atomic E-state index is 0.0166. The summed E-state index contributed by atoms with van der Waals surface area (Å²) in [6.45, 7) is 0.516. The zero-order valence-electron chi connectivity index (χ0n) is 10.5. The molecule has 1 aromatic carbocycles. The molecule has 100 valence electrons. The first kappa shape index (κ1) is 12.0. The molecule has 6 heteroatoms. The Morgan fingerprint density at radius 1 is 1.53 bits per heavy atom. The van der Waals surface area contributed by atoms with Gasteiger partial charge in [-0.25, -0.2) is 4.98 Å². The average molecular weight is 260 g/mol. The number of nitrogens with zero attached hydrogens (tertiary/aromatic N) is 2. The fraction of sp³-hybridized carbons (Fsp3) is 0.385. The maximum Gasteiger partial charge on any atom is 0.243 e. The highest BCUT2D eigenvalue weighted by Crippen LogP contribution is 2.27. The molecule has 19 heavy (non-hydrogen) atoms. The zero-order chi connectivity index (χ0) is 13.4. The SMILES string of the molecule is Nc1ccc2c(c1)nc(CO)n2C1CCCNC1=O. The molecule has 3 rings (SSSR count). The highest BCUT2D eigenvalue weighted by molar-refractivity contribution is 5.86. The van der Waals surface area contributed by atoms with E-state index in [4.69, 9.17) is 5.73 Å². The summed E-state index contributed by atoms with van der Waals surface area (Å²) >= 11 is 0. The van der Waals surface area contributed by atoms with E-state index in [-0.39, 0.29) is 18.6 Å². The topological polar surface area (TPSA) is 93.2 Å². The summed E-state index contributed by atoms with van der Waals surface area (Å²) in [5.41, 5.74) is 7.90. The molecule has 1 fully saturated rings. The van der Waals surface area contributed by atoms with Crippen molar-refractivity contribution in [1.29, 1.82) is 0 Å². The van der Waals surface area contributed by atoms with Crippen molar-refractivity contribution in [2.75, 3.05) is 12.3 Å². The van der Waals surface area contributed by atoms with E-state index in [1.165, 1.54) is 0 Å². The third-order valence-electron chi connectivity index (χ3n) is 3.50. The van der Waals surface area contributed by atoms with Gasteiger partial charge in [0.15, 0.2) is 0 Å². The number of carbonyl (C=O) groups excluding carboxylic acids is 1. The molecule has 0 bridgehead atoms. The summed E-state index contributed by atoms with van der Waals surface area (Å²) in [4.78, 5) is 16.4. The van der Waals surface area contributed by atoms with E-state index in [0.29, 0.717) is 23.6 Å². The van der Waals surface area contributed by atoms with E-state index in [0.717, 1.165) is 18.4 Å². The van der Waals surface area contributed by atoms with Gasteiger partial charge in [0, 0.05) is 12.2 Å². The predicted octanol–water partition coefficient (Wildman–Crippen LogP) is 0.562. The van der Waals surface area contributed by atoms with Crippen molar-refractivity contribution in [2.45, 2.75) is 25.5 Å². The van der Waals surface area contributed by atoms with Crippen LogP contribution in [-0.4, -0.2) is 27.1 Å². The minimum atomic E-state index is -0.301. The minimum Gasteiger partial charge on any atom is -0.399 e. The molecule has 0 radical (unpaired) electrons. The average Bonchev–Trinajstić information content (AvgIpc) is 2.76. The lowest BCUT2D eigenvalue weighted by molar-refractivity contribution is -0.125. The number of aliphatic hydroxyl groups is 1. The van der Waals surface area contributed by atoms with Gasteiger partial charge in [-0.05, 0) is 31.0 Å². The van der Waals surface area contributed by atoms with Crippen LogP contribution < -0.4 is 11.1 Å². The maximum atomic E-state index is 12.0. The second kappa shape index (κ2) is 4.55. The van der Waals surface area contributed by atoms with Gasteiger partial charge < -0.3 is 20.7 Å². The Morgan fingerprint density at radius 2 is 2.37 bits per heavy atom. The number of aromatic nitrogens is 2. The lowest BCUT2D eigenvalue weighted by atomic mass is 10.1. The molecule has 1 atom stereocenters. The van der Waals surface area contributed by atoms with Crippen molar-refractivity contribution in [1.82, 2.24) is 14.9 Å². The van der Waals surface area contributed by atoms with E-state index >= 15 is 0 Å². The Balaban J connectivity index is 2.17. The molecule has 1 aliphatic heterocycles. The van der Waals surface area contributed by atoms with Crippen molar-refractivity contribution in [3.8, 4) is 0 Å². The Labute approximate surface area is 110 Å². The van der Waals surface area contributed by atoms with Gasteiger partial charge in [-0.3, -0.25) is 4.79 Å². The van der Waals surface area contributed by atoms with Crippen LogP contribution in [0.15, 0.2) is 18.2 Å². The lowest BCUT2D eigenvalue weighted by Crippen LogP contribution is -2.38. The van der Waals surface area contributed by atoms with Crippen LogP contribution in [0.1, 0.15) is 24.7 Å². The number of rotatable bonds is 2. The van der Waals surface area contributed by atoms with E-state index in [2.05, 4.69) is 10.3 Å². The molecule has 1 aliphatic rings. The van der Waals surface area contributed by atoms with Gasteiger partial charge in [-0.15, -0.1) is 0 Å². The molecule has 0 saturated carbocycles. The quantitative estimate of drug-likeness (QED) is 0.688. The highest BCUT2D eigenvalue weighted by atomic mass is 16.3. The van der Waals surface area contributed by atoms with E-state index in [9.17, 15) is 9.90 Å². The molecule has 1 amide bonds. The smallest absolute Gasteiger partial charge is 0.243 e. The molecule has 2 aromatic rings. The Kier molecular flexibility index (Phi) is 2.87. The second-order valence-electron chi connectivity index (χ2n) is 4.75. The number of piperidine rings is 1. The Hall–Kier alpha value is -2.08. The summed E-state index contributed by atoms with van der Waals surface area (Å²) < 4.78 is 1.82. The number of benzene rings is 1. The highest BCUT2D eigenvalue weighted by Gasteiger charge is 2.27. The predicted molar refractivity (Wildman–Crippen MR) is 71.3 cm³/mol. The Bertz CT molecular complexity index is 635. The number of hydrogen-bond donors (Lipinski definition) is 3. The fourth-order valence-corrected chi connectivity index (χ4v) is 2.63. The van der Waals surface area contributed by atoms with Crippen molar-refractivity contribution in [3.05, 3.63) is 24.0 Å². The summed E-state index contributed by atoms with van der Waals surface area (Å²) in [5, 5.41) is 12.3. The van der Waals surface area contributed by atoms with Gasteiger partial charge in [0.25, 0.3) is 0 Å². The van der Waals surface area contributed by atoms with Gasteiger partial charge >= 0.3 is 0 Å².